The molecule has 0 unspecified atom stereocenters. The third-order valence-electron chi connectivity index (χ3n) is 3.51. The van der Waals surface area contributed by atoms with Crippen molar-refractivity contribution in [1.29, 1.82) is 0 Å². The monoisotopic (exact) mass is 343 g/mol. The summed E-state index contributed by atoms with van der Waals surface area (Å²) >= 11 is 5.27. The molecule has 1 amide bonds. The minimum Gasteiger partial charge on any atom is -0.388 e. The van der Waals surface area contributed by atoms with Crippen LogP contribution in [0.3, 0.4) is 0 Å². The van der Waals surface area contributed by atoms with Gasteiger partial charge in [0.25, 0.3) is 5.91 Å². The van der Waals surface area contributed by atoms with Gasteiger partial charge in [-0.1, -0.05) is 22.0 Å². The lowest BCUT2D eigenvalue weighted by atomic mass is 9.96. The van der Waals surface area contributed by atoms with Gasteiger partial charge in [0, 0.05) is 16.6 Å². The second-order valence-electron chi connectivity index (χ2n) is 4.93. The Hall–Kier alpha value is -0.520. The van der Waals surface area contributed by atoms with E-state index in [-0.39, 0.29) is 5.91 Å². The first-order chi connectivity index (χ1) is 9.02. The summed E-state index contributed by atoms with van der Waals surface area (Å²) in [5.41, 5.74) is 0.843. The summed E-state index contributed by atoms with van der Waals surface area (Å²) in [5.74, 6) is 1.80. The lowest BCUT2D eigenvalue weighted by Gasteiger charge is -2.31. The molecule has 0 atom stereocenters. The fraction of sp³-hybridized carbons (Fsp3) is 0.500. The lowest BCUT2D eigenvalue weighted by Crippen LogP contribution is -2.45. The number of carbonyl (C=O) groups is 1. The van der Waals surface area contributed by atoms with Crippen LogP contribution in [-0.2, 0) is 0 Å². The first kappa shape index (κ1) is 14.9. The van der Waals surface area contributed by atoms with Gasteiger partial charge in [-0.25, -0.2) is 0 Å². The minimum absolute atomic E-state index is 0.120. The molecule has 1 aliphatic rings. The molecule has 0 aromatic heterocycles. The molecule has 0 saturated carbocycles. The lowest BCUT2D eigenvalue weighted by molar-refractivity contribution is 0.0311. The molecule has 0 spiro atoms. The van der Waals surface area contributed by atoms with Gasteiger partial charge in [-0.15, -0.1) is 0 Å². The van der Waals surface area contributed by atoms with Crippen LogP contribution < -0.4 is 5.32 Å². The number of halogens is 1. The topological polar surface area (TPSA) is 49.3 Å². The van der Waals surface area contributed by atoms with Gasteiger partial charge in [-0.3, -0.25) is 4.79 Å². The fourth-order valence-corrected chi connectivity index (χ4v) is 3.74. The SMILES string of the molecule is Cc1c(Br)cccc1C(=O)NCC1(O)CCSCC1. The van der Waals surface area contributed by atoms with Crippen molar-refractivity contribution in [2.24, 2.45) is 0 Å². The Morgan fingerprint density at radius 2 is 2.16 bits per heavy atom. The van der Waals surface area contributed by atoms with Crippen LogP contribution in [-0.4, -0.2) is 34.7 Å². The van der Waals surface area contributed by atoms with Crippen molar-refractivity contribution in [3.63, 3.8) is 0 Å². The van der Waals surface area contributed by atoms with E-state index >= 15 is 0 Å². The van der Waals surface area contributed by atoms with E-state index in [1.807, 2.05) is 30.8 Å². The van der Waals surface area contributed by atoms with E-state index in [1.54, 1.807) is 6.07 Å². The van der Waals surface area contributed by atoms with E-state index in [4.69, 9.17) is 0 Å². The highest BCUT2D eigenvalue weighted by molar-refractivity contribution is 9.10. The Kier molecular flexibility index (Phi) is 4.92. The third-order valence-corrected chi connectivity index (χ3v) is 5.36. The molecule has 19 heavy (non-hydrogen) atoms. The Balaban J connectivity index is 1.99. The normalized spacial score (nSPS) is 18.1. The van der Waals surface area contributed by atoms with Gasteiger partial charge in [0.15, 0.2) is 0 Å². The fourth-order valence-electron chi connectivity index (χ4n) is 2.12. The molecule has 1 heterocycles. The minimum atomic E-state index is -0.735. The molecule has 0 bridgehead atoms. The number of amides is 1. The van der Waals surface area contributed by atoms with Crippen molar-refractivity contribution in [3.8, 4) is 0 Å². The van der Waals surface area contributed by atoms with Gasteiger partial charge in [-0.2, -0.15) is 11.8 Å². The van der Waals surface area contributed by atoms with Crippen LogP contribution >= 0.6 is 27.7 Å². The molecule has 2 N–H and O–H groups in total. The van der Waals surface area contributed by atoms with Crippen molar-refractivity contribution in [3.05, 3.63) is 33.8 Å². The largest absolute Gasteiger partial charge is 0.388 e. The molecule has 0 radical (unpaired) electrons. The van der Waals surface area contributed by atoms with Crippen LogP contribution in [0.4, 0.5) is 0 Å². The molecular formula is C14H18BrNO2S. The molecule has 1 aliphatic heterocycles. The molecule has 1 aromatic carbocycles. The van der Waals surface area contributed by atoms with Gasteiger partial charge in [0.05, 0.1) is 5.60 Å². The molecule has 0 aliphatic carbocycles. The maximum Gasteiger partial charge on any atom is 0.251 e. The van der Waals surface area contributed by atoms with Gasteiger partial charge in [0.2, 0.25) is 0 Å². The van der Waals surface area contributed by atoms with Crippen molar-refractivity contribution in [2.45, 2.75) is 25.4 Å². The van der Waals surface area contributed by atoms with E-state index in [9.17, 15) is 9.90 Å². The van der Waals surface area contributed by atoms with Crippen molar-refractivity contribution >= 4 is 33.6 Å². The summed E-state index contributed by atoms with van der Waals surface area (Å²) in [6.07, 6.45) is 1.49. The summed E-state index contributed by atoms with van der Waals surface area (Å²) in [5, 5.41) is 13.2. The Morgan fingerprint density at radius 1 is 1.47 bits per heavy atom. The van der Waals surface area contributed by atoms with Crippen LogP contribution in [0.2, 0.25) is 0 Å². The highest BCUT2D eigenvalue weighted by Crippen LogP contribution is 2.26. The number of hydrogen-bond donors (Lipinski definition) is 2. The summed E-state index contributed by atoms with van der Waals surface area (Å²) in [7, 11) is 0. The summed E-state index contributed by atoms with van der Waals surface area (Å²) in [4.78, 5) is 12.2. The number of nitrogens with one attached hydrogen (secondary N) is 1. The summed E-state index contributed by atoms with van der Waals surface area (Å²) < 4.78 is 0.924. The molecule has 5 heteroatoms. The average molecular weight is 344 g/mol. The first-order valence-electron chi connectivity index (χ1n) is 6.35. The van der Waals surface area contributed by atoms with Gasteiger partial charge in [0.1, 0.15) is 0 Å². The zero-order valence-electron chi connectivity index (χ0n) is 10.9. The number of thioether (sulfide) groups is 1. The van der Waals surface area contributed by atoms with Crippen molar-refractivity contribution < 1.29 is 9.90 Å². The summed E-state index contributed by atoms with van der Waals surface area (Å²) in [6, 6.07) is 5.56. The third kappa shape index (κ3) is 3.74. The van der Waals surface area contributed by atoms with Crippen LogP contribution in [0.5, 0.6) is 0 Å². The number of carbonyl (C=O) groups excluding carboxylic acids is 1. The van der Waals surface area contributed by atoms with E-state index < -0.39 is 5.60 Å². The van der Waals surface area contributed by atoms with Crippen LogP contribution in [0, 0.1) is 6.92 Å². The van der Waals surface area contributed by atoms with E-state index in [2.05, 4.69) is 21.2 Å². The molecule has 2 rings (SSSR count). The number of hydrogen-bond acceptors (Lipinski definition) is 3. The molecule has 1 fully saturated rings. The maximum absolute atomic E-state index is 12.2. The Labute approximate surface area is 126 Å². The highest BCUT2D eigenvalue weighted by Gasteiger charge is 2.30. The predicted molar refractivity (Wildman–Crippen MR) is 82.7 cm³/mol. The molecule has 104 valence electrons. The highest BCUT2D eigenvalue weighted by atomic mass is 79.9. The first-order valence-corrected chi connectivity index (χ1v) is 8.30. The second kappa shape index (κ2) is 6.29. The predicted octanol–water partition coefficient (Wildman–Crippen LogP) is 2.75. The number of benzene rings is 1. The second-order valence-corrected chi connectivity index (χ2v) is 7.01. The van der Waals surface area contributed by atoms with Gasteiger partial charge >= 0.3 is 0 Å². The quantitative estimate of drug-likeness (QED) is 0.887. The smallest absolute Gasteiger partial charge is 0.251 e. The standard InChI is InChI=1S/C14H18BrNO2S/c1-10-11(3-2-4-12(10)15)13(17)16-9-14(18)5-7-19-8-6-14/h2-4,18H,5-9H2,1H3,(H,16,17). The molecule has 1 saturated heterocycles. The van der Waals surface area contributed by atoms with Crippen molar-refractivity contribution in [2.75, 3.05) is 18.1 Å². The molecule has 1 aromatic rings. The maximum atomic E-state index is 12.2. The van der Waals surface area contributed by atoms with Crippen LogP contribution in [0.1, 0.15) is 28.8 Å². The van der Waals surface area contributed by atoms with Gasteiger partial charge < -0.3 is 10.4 Å². The molecule has 3 nitrogen and oxygen atoms in total. The van der Waals surface area contributed by atoms with Crippen LogP contribution in [0.25, 0.3) is 0 Å². The molecular weight excluding hydrogens is 326 g/mol. The van der Waals surface area contributed by atoms with E-state index in [1.165, 1.54) is 0 Å². The Bertz CT molecular complexity index is 473. The van der Waals surface area contributed by atoms with Crippen molar-refractivity contribution in [1.82, 2.24) is 5.32 Å². The summed E-state index contributed by atoms with van der Waals surface area (Å²) in [6.45, 7) is 2.24. The Morgan fingerprint density at radius 3 is 2.84 bits per heavy atom. The van der Waals surface area contributed by atoms with Crippen LogP contribution in [0.15, 0.2) is 22.7 Å². The van der Waals surface area contributed by atoms with E-state index in [0.29, 0.717) is 12.1 Å². The zero-order chi connectivity index (χ0) is 13.9. The number of aliphatic hydroxyl groups is 1. The zero-order valence-corrected chi connectivity index (χ0v) is 13.3. The average Bonchev–Trinajstić information content (AvgIpc) is 2.40. The number of rotatable bonds is 3. The van der Waals surface area contributed by atoms with Gasteiger partial charge in [-0.05, 0) is 49.0 Å². The van der Waals surface area contributed by atoms with E-state index in [0.717, 1.165) is 34.4 Å².